The largest absolute Gasteiger partial charge is 0.487 e. The smallest absolute Gasteiger partial charge is 0.331 e. The lowest BCUT2D eigenvalue weighted by molar-refractivity contribution is -0.133. The van der Waals surface area contributed by atoms with Crippen molar-refractivity contribution >= 4 is 5.97 Å². The van der Waals surface area contributed by atoms with E-state index in [9.17, 15) is 15.0 Å². The van der Waals surface area contributed by atoms with Crippen LogP contribution in [0.4, 0.5) is 0 Å². The van der Waals surface area contributed by atoms with E-state index in [1.54, 1.807) is 0 Å². The molecule has 1 heterocycles. The molecule has 0 aromatic carbocycles. The summed E-state index contributed by atoms with van der Waals surface area (Å²) in [7, 11) is 0. The third-order valence-corrected chi connectivity index (χ3v) is 5.97. The predicted molar refractivity (Wildman–Crippen MR) is 97.0 cm³/mol. The van der Waals surface area contributed by atoms with Gasteiger partial charge in [-0.05, 0) is 52.0 Å². The molecular weight excluding hydrogens is 322 g/mol. The van der Waals surface area contributed by atoms with Gasteiger partial charge in [-0.25, -0.2) is 4.79 Å². The molecule has 0 amide bonds. The molecule has 1 unspecified atom stereocenters. The Kier molecular flexibility index (Phi) is 5.10. The zero-order valence-corrected chi connectivity index (χ0v) is 15.5. The van der Waals surface area contributed by atoms with Crippen LogP contribution in [0.1, 0.15) is 65.7 Å². The number of aliphatic hydroxyl groups is 1. The summed E-state index contributed by atoms with van der Waals surface area (Å²) in [5, 5.41) is 20.2. The summed E-state index contributed by atoms with van der Waals surface area (Å²) in [6.45, 7) is 6.35. The van der Waals surface area contributed by atoms with Crippen molar-refractivity contribution in [3.05, 3.63) is 34.6 Å². The van der Waals surface area contributed by atoms with Crippen molar-refractivity contribution in [2.24, 2.45) is 11.8 Å². The second kappa shape index (κ2) is 6.99. The molecule has 3 aliphatic rings. The van der Waals surface area contributed by atoms with Crippen molar-refractivity contribution in [1.29, 1.82) is 0 Å². The van der Waals surface area contributed by atoms with Crippen molar-refractivity contribution in [3.63, 3.8) is 0 Å². The molecule has 4 heteroatoms. The number of rotatable bonds is 5. The fourth-order valence-corrected chi connectivity index (χ4v) is 4.63. The molecule has 0 saturated carbocycles. The monoisotopic (exact) mass is 352 g/mol. The van der Waals surface area contributed by atoms with E-state index < -0.39 is 12.1 Å². The molecule has 0 aromatic heterocycles. The molecule has 0 radical (unpaired) electrons. The number of hydrogen-bond acceptors (Lipinski definition) is 3. The molecule has 2 aliphatic carbocycles. The van der Waals surface area contributed by atoms with Gasteiger partial charge >= 0.3 is 5.97 Å². The van der Waals surface area contributed by atoms with E-state index in [-0.39, 0.29) is 17.4 Å². The highest BCUT2D eigenvalue weighted by Crippen LogP contribution is 2.50. The van der Waals surface area contributed by atoms with E-state index in [1.807, 2.05) is 6.08 Å². The molecule has 0 saturated heterocycles. The Hall–Kier alpha value is -1.55. The number of ether oxygens (including phenoxy) is 1. The molecule has 3 atom stereocenters. The average molecular weight is 352 g/mol. The van der Waals surface area contributed by atoms with Gasteiger partial charge in [0.25, 0.3) is 0 Å². The minimum Gasteiger partial charge on any atom is -0.487 e. The zero-order valence-electron chi connectivity index (χ0n) is 15.5. The number of aliphatic hydroxyl groups excluding tert-OH is 1. The van der Waals surface area contributed by atoms with Gasteiger partial charge < -0.3 is 14.9 Å². The molecule has 1 aliphatic heterocycles. The summed E-state index contributed by atoms with van der Waals surface area (Å²) >= 11 is 0. The van der Waals surface area contributed by atoms with Gasteiger partial charge in [-0.2, -0.15) is 0 Å². The van der Waals surface area contributed by atoms with Gasteiger partial charge in [0.05, 0.1) is 6.10 Å². The third kappa shape index (κ3) is 3.55. The zero-order chi connectivity index (χ0) is 18.2. The fraction of sp³-hybridized carbons (Fsp3) is 0.667. The van der Waals surface area contributed by atoms with Gasteiger partial charge in [0.2, 0.25) is 0 Å². The van der Waals surface area contributed by atoms with E-state index in [0.29, 0.717) is 18.4 Å². The molecular formula is C21H30O4. The van der Waals surface area contributed by atoms with E-state index in [0.717, 1.165) is 30.6 Å². The minimum atomic E-state index is -0.842. The quantitative estimate of drug-likeness (QED) is 0.570. The molecule has 25 heavy (non-hydrogen) atoms. The number of allylic oxidation sites excluding steroid dienone is 2. The van der Waals surface area contributed by atoms with Crippen molar-refractivity contribution in [1.82, 2.24) is 0 Å². The van der Waals surface area contributed by atoms with Crippen LogP contribution >= 0.6 is 0 Å². The third-order valence-electron chi connectivity index (χ3n) is 5.97. The minimum absolute atomic E-state index is 0.0398. The first-order valence-electron chi connectivity index (χ1n) is 9.58. The number of carboxylic acids is 1. The van der Waals surface area contributed by atoms with Crippen molar-refractivity contribution in [3.8, 4) is 0 Å². The first-order valence-corrected chi connectivity index (χ1v) is 9.58. The average Bonchev–Trinajstić information content (AvgIpc) is 2.53. The van der Waals surface area contributed by atoms with Crippen LogP contribution in [0.5, 0.6) is 0 Å². The Morgan fingerprint density at radius 1 is 1.36 bits per heavy atom. The first-order chi connectivity index (χ1) is 11.8. The maximum Gasteiger partial charge on any atom is 0.331 e. The molecule has 0 bridgehead atoms. The van der Waals surface area contributed by atoms with Gasteiger partial charge in [-0.1, -0.05) is 31.4 Å². The Morgan fingerprint density at radius 3 is 2.80 bits per heavy atom. The molecule has 2 N–H and O–H groups in total. The second-order valence-electron chi connectivity index (χ2n) is 8.17. The van der Waals surface area contributed by atoms with Crippen molar-refractivity contribution in [2.75, 3.05) is 0 Å². The summed E-state index contributed by atoms with van der Waals surface area (Å²) in [5.74, 6) is 0.103. The molecule has 0 aromatic rings. The first kappa shape index (κ1) is 18.2. The molecule has 138 valence electrons. The van der Waals surface area contributed by atoms with Crippen LogP contribution in [-0.2, 0) is 9.53 Å². The molecule has 0 fully saturated rings. The van der Waals surface area contributed by atoms with Crippen LogP contribution in [0.3, 0.4) is 0 Å². The number of carboxylic acid groups (broad SMARTS) is 1. The maximum absolute atomic E-state index is 11.4. The predicted octanol–water partition coefficient (Wildman–Crippen LogP) is 4.36. The molecule has 3 rings (SSSR count). The Bertz CT molecular complexity index is 638. The lowest BCUT2D eigenvalue weighted by Crippen LogP contribution is -2.47. The van der Waals surface area contributed by atoms with Crippen LogP contribution in [0.25, 0.3) is 0 Å². The normalized spacial score (nSPS) is 30.6. The lowest BCUT2D eigenvalue weighted by atomic mass is 9.74. The Labute approximate surface area is 150 Å². The van der Waals surface area contributed by atoms with Crippen LogP contribution in [-0.4, -0.2) is 27.9 Å². The van der Waals surface area contributed by atoms with E-state index >= 15 is 0 Å². The summed E-state index contributed by atoms with van der Waals surface area (Å²) in [6, 6.07) is 0. The Morgan fingerprint density at radius 2 is 2.12 bits per heavy atom. The van der Waals surface area contributed by atoms with E-state index in [4.69, 9.17) is 4.74 Å². The second-order valence-corrected chi connectivity index (χ2v) is 8.17. The van der Waals surface area contributed by atoms with E-state index in [2.05, 4.69) is 26.8 Å². The van der Waals surface area contributed by atoms with Gasteiger partial charge in [0.15, 0.2) is 0 Å². The fourth-order valence-electron chi connectivity index (χ4n) is 4.63. The van der Waals surface area contributed by atoms with Gasteiger partial charge in [0.1, 0.15) is 11.4 Å². The van der Waals surface area contributed by atoms with Crippen LogP contribution < -0.4 is 0 Å². The van der Waals surface area contributed by atoms with Crippen LogP contribution in [0, 0.1) is 11.8 Å². The summed E-state index contributed by atoms with van der Waals surface area (Å²) in [5.41, 5.74) is 2.25. The number of unbranched alkanes of at least 4 members (excludes halogenated alkanes) is 2. The molecule has 0 spiro atoms. The van der Waals surface area contributed by atoms with Crippen molar-refractivity contribution in [2.45, 2.75) is 77.4 Å². The lowest BCUT2D eigenvalue weighted by Gasteiger charge is -2.48. The summed E-state index contributed by atoms with van der Waals surface area (Å²) in [6.07, 6.45) is 9.92. The summed E-state index contributed by atoms with van der Waals surface area (Å²) < 4.78 is 6.32. The number of aliphatic carboxylic acids is 1. The molecule has 4 nitrogen and oxygen atoms in total. The van der Waals surface area contributed by atoms with Crippen LogP contribution in [0.2, 0.25) is 0 Å². The van der Waals surface area contributed by atoms with Gasteiger partial charge in [-0.3, -0.25) is 0 Å². The maximum atomic E-state index is 11.4. The SMILES string of the molecule is CCCCC[13C]1=[13CH][13C]2=[13C]([C@@H]3C=C(C(=O)O)CC[C@H]3C(C)(C)O2)[13CH](O)[13CH2]1. The Balaban J connectivity index is 1.96. The standard InChI is InChI=1S/C21H30O4/c1-4-5-6-7-13-10-17(22)19-15-12-14(20(23)24)8-9-16(15)21(2,3)25-18(19)11-13/h11-12,15-17,22H,4-10H2,1-3H3,(H,23,24)/t15-,16-,17?/m1/s1/i10+1,11+1,13+1,17+1,18+1,19+1. The number of hydrogen-bond donors (Lipinski definition) is 2. The van der Waals surface area contributed by atoms with Crippen molar-refractivity contribution < 1.29 is 19.7 Å². The van der Waals surface area contributed by atoms with Gasteiger partial charge in [0, 0.05) is 23.0 Å². The highest BCUT2D eigenvalue weighted by molar-refractivity contribution is 5.87. The highest BCUT2D eigenvalue weighted by atomic mass is 16.6. The summed E-state index contributed by atoms with van der Waals surface area (Å²) in [4.78, 5) is 11.4. The topological polar surface area (TPSA) is 66.8 Å². The number of carbonyl (C=O) groups is 1. The van der Waals surface area contributed by atoms with Gasteiger partial charge in [-0.15, -0.1) is 0 Å². The highest BCUT2D eigenvalue weighted by Gasteiger charge is 2.48. The van der Waals surface area contributed by atoms with E-state index in [1.165, 1.54) is 18.4 Å². The van der Waals surface area contributed by atoms with Crippen LogP contribution in [0.15, 0.2) is 34.6 Å². The number of fused-ring (bicyclic) bond motifs is 2.